The van der Waals surface area contributed by atoms with E-state index in [9.17, 15) is 36.6 Å². The molecular formula is C40H64Cl3N6NaO13S2. The number of anilines is 4. The molecule has 0 aromatic heterocycles. The van der Waals surface area contributed by atoms with E-state index in [1.165, 1.54) is 34.0 Å². The maximum Gasteiger partial charge on any atom is 1.00 e. The number of halogens is 3. The molecule has 25 heteroatoms. The number of nitrogens with zero attached hydrogens (tertiary/aromatic N) is 4. The van der Waals surface area contributed by atoms with Gasteiger partial charge in [0.05, 0.1) is 25.7 Å². The molecule has 5 rings (SSSR count). The van der Waals surface area contributed by atoms with Crippen molar-refractivity contribution in [2.75, 3.05) is 111 Å². The van der Waals surface area contributed by atoms with Crippen molar-refractivity contribution in [3.05, 3.63) is 47.5 Å². The molecule has 3 saturated heterocycles. The van der Waals surface area contributed by atoms with Crippen molar-refractivity contribution in [3.8, 4) is 0 Å². The summed E-state index contributed by atoms with van der Waals surface area (Å²) in [5.74, 6) is -1.08. The van der Waals surface area contributed by atoms with Crippen LogP contribution in [-0.2, 0) is 57.2 Å². The average molecular weight is 1030 g/mol. The molecule has 2 aromatic rings. The van der Waals surface area contributed by atoms with Crippen LogP contribution in [0.15, 0.2) is 36.4 Å². The fourth-order valence-corrected chi connectivity index (χ4v) is 7.88. The van der Waals surface area contributed by atoms with Gasteiger partial charge < -0.3 is 50.8 Å². The molecule has 3 fully saturated rings. The summed E-state index contributed by atoms with van der Waals surface area (Å²) in [5, 5.41) is 37.8. The van der Waals surface area contributed by atoms with Crippen LogP contribution >= 0.6 is 34.8 Å². The number of nitrogens with two attached hydrogens (primary N) is 1. The number of carbonyl (C=O) groups excluding carboxylic acids is 3. The molecule has 2 aromatic carbocycles. The van der Waals surface area contributed by atoms with Gasteiger partial charge >= 0.3 is 29.6 Å². The number of nitrogen functional groups attached to an aromatic ring is 1. The Balaban J connectivity index is 0. The summed E-state index contributed by atoms with van der Waals surface area (Å²) in [6, 6.07) is 10.8. The van der Waals surface area contributed by atoms with Gasteiger partial charge in [-0.2, -0.15) is 8.61 Å². The second-order valence-corrected chi connectivity index (χ2v) is 19.3. The zero-order chi connectivity index (χ0) is 48.9. The van der Waals surface area contributed by atoms with Crippen molar-refractivity contribution >= 4 is 101 Å². The van der Waals surface area contributed by atoms with Crippen molar-refractivity contribution in [2.45, 2.75) is 65.6 Å². The molecule has 3 aliphatic rings. The Labute approximate surface area is 420 Å². The monoisotopic (exact) mass is 1030 g/mol. The Bertz CT molecular complexity index is 1910. The van der Waals surface area contributed by atoms with Gasteiger partial charge in [-0.15, -0.1) is 23.2 Å². The first kappa shape index (κ1) is 64.6. The van der Waals surface area contributed by atoms with E-state index >= 15 is 0 Å². The summed E-state index contributed by atoms with van der Waals surface area (Å²) in [4.78, 5) is 43.7. The maximum atomic E-state index is 11.8. The largest absolute Gasteiger partial charge is 1.00 e. The van der Waals surface area contributed by atoms with Crippen LogP contribution in [0.1, 0.15) is 63.5 Å². The zero-order valence-corrected chi connectivity index (χ0v) is 43.7. The molecule has 65 heavy (non-hydrogen) atoms. The number of carboxylic acids is 2. The van der Waals surface area contributed by atoms with Crippen molar-refractivity contribution in [2.24, 2.45) is 0 Å². The van der Waals surface area contributed by atoms with Crippen LogP contribution in [0.25, 0.3) is 0 Å². The smallest absolute Gasteiger partial charge is 0.550 e. The number of rotatable bonds is 13. The number of nitrogens with one attached hydrogen (secondary N) is 1. The minimum atomic E-state index is -3.17. The van der Waals surface area contributed by atoms with Crippen LogP contribution in [0.2, 0.25) is 0 Å². The Morgan fingerprint density at radius 1 is 0.738 bits per heavy atom. The predicted octanol–water partition coefficient (Wildman–Crippen LogP) is -0.521. The van der Waals surface area contributed by atoms with E-state index in [1.807, 2.05) is 17.0 Å². The molecule has 0 saturated carbocycles. The van der Waals surface area contributed by atoms with Gasteiger partial charge in [0.25, 0.3) is 5.97 Å². The quantitative estimate of drug-likeness (QED) is 0.0731. The van der Waals surface area contributed by atoms with E-state index < -0.39 is 32.0 Å². The summed E-state index contributed by atoms with van der Waals surface area (Å²) in [7, 11) is -6.29. The van der Waals surface area contributed by atoms with Gasteiger partial charge in [-0.1, -0.05) is 0 Å². The standard InChI is InChI=1S/C16H24ClN3O4S.C12H19N3O3S.C4H6Cl2O.C4H8O.2C2H4O2.Na/c1-25(23,24)20-9-7-19(8-10-20)15-5-4-14(11-13(15)12-21)18-16(22)3-2-6-17;1-19(17,18)15-6-4-14(5-7-15)12-3-2-11(13)8-10(12)9-16;5-3-1-2-4(6)7;1-2-4-5-3-1;2*1-2(3)4;/h4-5,11,21H,2-3,6-10,12H2,1H3,(H,18,22);2-3,8,16H,4-7,9,13H2,1H3;1-3H2;1-4H2;2*1H3,(H,3,4);/q;;;;;;+1/p-1. The number of hydrogen-bond donors (Lipinski definition) is 5. The van der Waals surface area contributed by atoms with Gasteiger partial charge in [-0.3, -0.25) is 14.4 Å². The number of sulfonamides is 2. The SMILES string of the molecule is C1CCOC1.CC(=O)O.CC(=O)[O-].CS(=O)(=O)N1CCN(c2ccc(N)cc2CO)CC1.CS(=O)(=O)N1CCN(c2ccc(NC(=O)CCCCl)cc2CO)CC1.O=C(Cl)CCCCl.[Na+]. The minimum Gasteiger partial charge on any atom is -0.550 e. The molecule has 6 N–H and O–H groups in total. The van der Waals surface area contributed by atoms with Crippen molar-refractivity contribution < 1.29 is 90.7 Å². The number of ether oxygens (including phenoxy) is 1. The number of alkyl halides is 2. The summed E-state index contributed by atoms with van der Waals surface area (Å²) >= 11 is 15.8. The molecule has 0 bridgehead atoms. The second-order valence-electron chi connectivity index (χ2n) is 14.2. The van der Waals surface area contributed by atoms with E-state index in [1.54, 1.807) is 24.3 Å². The van der Waals surface area contributed by atoms with Gasteiger partial charge in [0.2, 0.25) is 31.2 Å². The molecule has 0 radical (unpaired) electrons. The van der Waals surface area contributed by atoms with Gasteiger partial charge in [-0.05, 0) is 80.6 Å². The number of piperazine rings is 2. The molecule has 0 atom stereocenters. The molecule has 0 aliphatic carbocycles. The van der Waals surface area contributed by atoms with E-state index in [4.69, 9.17) is 65.1 Å². The third kappa shape index (κ3) is 30.5. The number of hydrogen-bond acceptors (Lipinski definition) is 15. The Morgan fingerprint density at radius 2 is 1.12 bits per heavy atom. The van der Waals surface area contributed by atoms with Gasteiger partial charge in [0, 0.05) is 137 Å². The Morgan fingerprint density at radius 3 is 1.45 bits per heavy atom. The first-order valence-corrected chi connectivity index (χ1v) is 25.3. The van der Waals surface area contributed by atoms with Crippen molar-refractivity contribution in [3.63, 3.8) is 0 Å². The topological polar surface area (TPSA) is 281 Å². The number of aliphatic carboxylic acids is 2. The summed E-state index contributed by atoms with van der Waals surface area (Å²) < 4.78 is 54.0. The number of aliphatic hydroxyl groups excluding tert-OH is 2. The van der Waals surface area contributed by atoms with Crippen LogP contribution < -0.4 is 55.5 Å². The van der Waals surface area contributed by atoms with Crippen LogP contribution in [0.4, 0.5) is 22.7 Å². The molecule has 19 nitrogen and oxygen atoms in total. The first-order chi connectivity index (χ1) is 30.0. The summed E-state index contributed by atoms with van der Waals surface area (Å²) in [6.07, 6.45) is 7.04. The van der Waals surface area contributed by atoms with Crippen molar-refractivity contribution in [1.29, 1.82) is 0 Å². The van der Waals surface area contributed by atoms with E-state index in [2.05, 4.69) is 10.2 Å². The van der Waals surface area contributed by atoms with Crippen LogP contribution in [0, 0.1) is 0 Å². The van der Waals surface area contributed by atoms with Crippen LogP contribution in [-0.4, -0.2) is 154 Å². The van der Waals surface area contributed by atoms with E-state index in [0.29, 0.717) is 107 Å². The number of carboxylic acid groups (broad SMARTS) is 2. The number of aliphatic hydroxyl groups is 2. The fraction of sp³-hybridized carbons (Fsp3) is 0.600. The zero-order valence-electron chi connectivity index (χ0n) is 37.8. The van der Waals surface area contributed by atoms with Crippen LogP contribution in [0.3, 0.4) is 0 Å². The van der Waals surface area contributed by atoms with Gasteiger partial charge in [-0.25, -0.2) is 16.8 Å². The van der Waals surface area contributed by atoms with Gasteiger partial charge in [0.15, 0.2) is 0 Å². The summed E-state index contributed by atoms with van der Waals surface area (Å²) in [6.45, 7) is 7.93. The molecule has 3 aliphatic heterocycles. The first-order valence-electron chi connectivity index (χ1n) is 20.2. The second kappa shape index (κ2) is 35.6. The average Bonchev–Trinajstić information content (AvgIpc) is 3.82. The number of amides is 1. The Kier molecular flexibility index (Phi) is 35.4. The molecule has 366 valence electrons. The normalized spacial score (nSPS) is 14.9. The van der Waals surface area contributed by atoms with Crippen LogP contribution in [0.5, 0.6) is 0 Å². The molecule has 0 unspecified atom stereocenters. The Hall–Kier alpha value is -2.51. The van der Waals surface area contributed by atoms with Crippen molar-refractivity contribution in [1.82, 2.24) is 8.61 Å². The third-order valence-electron chi connectivity index (χ3n) is 8.78. The molecule has 1 amide bonds. The molecule has 3 heterocycles. The molecule has 0 spiro atoms. The van der Waals surface area contributed by atoms with Gasteiger partial charge in [0.1, 0.15) is 0 Å². The fourth-order valence-electron chi connectivity index (χ4n) is 5.83. The third-order valence-corrected chi connectivity index (χ3v) is 12.1. The number of carbonyl (C=O) groups is 4. The minimum absolute atomic E-state index is 0. The molecular weight excluding hydrogens is 966 g/mol. The predicted molar refractivity (Wildman–Crippen MR) is 250 cm³/mol. The maximum absolute atomic E-state index is 11.8. The van der Waals surface area contributed by atoms with E-state index in [-0.39, 0.29) is 53.9 Å². The summed E-state index contributed by atoms with van der Waals surface area (Å²) in [5.41, 5.74) is 10.2. The number of benzene rings is 2. The van der Waals surface area contributed by atoms with E-state index in [0.717, 1.165) is 44.0 Å².